The van der Waals surface area contributed by atoms with Crippen LogP contribution in [0.1, 0.15) is 48.7 Å². The van der Waals surface area contributed by atoms with Crippen LogP contribution in [0.15, 0.2) is 17.5 Å². The van der Waals surface area contributed by atoms with Crippen molar-refractivity contribution < 1.29 is 9.59 Å². The number of piperidine rings is 2. The second-order valence-corrected chi connectivity index (χ2v) is 8.12. The van der Waals surface area contributed by atoms with E-state index in [9.17, 15) is 9.59 Å². The molecule has 138 valence electrons. The van der Waals surface area contributed by atoms with Gasteiger partial charge in [0, 0.05) is 38.1 Å². The summed E-state index contributed by atoms with van der Waals surface area (Å²) in [6, 6.07) is 4.10. The molecule has 2 saturated heterocycles. The van der Waals surface area contributed by atoms with Gasteiger partial charge in [-0.25, -0.2) is 0 Å². The number of likely N-dealkylation sites (tertiary alicyclic amines) is 2. The van der Waals surface area contributed by atoms with E-state index in [-0.39, 0.29) is 17.7 Å². The first-order valence-corrected chi connectivity index (χ1v) is 10.4. The van der Waals surface area contributed by atoms with Crippen molar-refractivity contribution in [2.45, 2.75) is 45.1 Å². The molecule has 2 fully saturated rings. The molecule has 6 heteroatoms. The molecule has 5 nitrogen and oxygen atoms in total. The van der Waals surface area contributed by atoms with Gasteiger partial charge in [0.05, 0.1) is 4.88 Å². The van der Waals surface area contributed by atoms with E-state index >= 15 is 0 Å². The van der Waals surface area contributed by atoms with Gasteiger partial charge in [0.15, 0.2) is 0 Å². The van der Waals surface area contributed by atoms with Gasteiger partial charge in [0.1, 0.15) is 0 Å². The van der Waals surface area contributed by atoms with E-state index in [1.807, 2.05) is 22.4 Å². The number of hydrogen-bond donors (Lipinski definition) is 1. The first kappa shape index (κ1) is 18.4. The Balaban J connectivity index is 1.41. The maximum Gasteiger partial charge on any atom is 0.263 e. The molecule has 0 aliphatic carbocycles. The number of carbonyl (C=O) groups excluding carboxylic acids is 2. The third-order valence-corrected chi connectivity index (χ3v) is 6.22. The molecule has 0 radical (unpaired) electrons. The van der Waals surface area contributed by atoms with Crippen molar-refractivity contribution >= 4 is 23.2 Å². The van der Waals surface area contributed by atoms with E-state index in [4.69, 9.17) is 0 Å². The minimum atomic E-state index is 0.0565. The third-order valence-electron chi connectivity index (χ3n) is 5.36. The van der Waals surface area contributed by atoms with Crippen molar-refractivity contribution in [3.05, 3.63) is 22.4 Å². The lowest BCUT2D eigenvalue weighted by Gasteiger charge is -2.35. The second-order valence-electron chi connectivity index (χ2n) is 7.17. The van der Waals surface area contributed by atoms with Crippen LogP contribution in [0.5, 0.6) is 0 Å². The van der Waals surface area contributed by atoms with E-state index < -0.39 is 0 Å². The van der Waals surface area contributed by atoms with E-state index in [1.54, 1.807) is 0 Å². The molecule has 1 N–H and O–H groups in total. The summed E-state index contributed by atoms with van der Waals surface area (Å²) in [5.41, 5.74) is 0. The highest BCUT2D eigenvalue weighted by molar-refractivity contribution is 7.12. The summed E-state index contributed by atoms with van der Waals surface area (Å²) in [5.74, 6) is 0.357. The highest BCUT2D eigenvalue weighted by Gasteiger charge is 2.29. The monoisotopic (exact) mass is 363 g/mol. The Hall–Kier alpha value is -1.40. The zero-order valence-corrected chi connectivity index (χ0v) is 15.9. The summed E-state index contributed by atoms with van der Waals surface area (Å²) in [6.07, 6.45) is 4.86. The number of nitrogens with one attached hydrogen (secondary N) is 1. The quantitative estimate of drug-likeness (QED) is 0.875. The summed E-state index contributed by atoms with van der Waals surface area (Å²) in [4.78, 5) is 30.1. The fraction of sp³-hybridized carbons (Fsp3) is 0.684. The van der Waals surface area contributed by atoms with E-state index in [0.29, 0.717) is 19.1 Å². The van der Waals surface area contributed by atoms with E-state index in [2.05, 4.69) is 17.1 Å². The van der Waals surface area contributed by atoms with E-state index in [0.717, 1.165) is 50.2 Å². The van der Waals surface area contributed by atoms with Gasteiger partial charge in [-0.2, -0.15) is 0 Å². The molecule has 1 aromatic rings. The van der Waals surface area contributed by atoms with Crippen LogP contribution in [0.4, 0.5) is 0 Å². The minimum absolute atomic E-state index is 0.0565. The summed E-state index contributed by atoms with van der Waals surface area (Å²) in [7, 11) is 0. The molecule has 0 spiro atoms. The number of thiophene rings is 1. The molecule has 0 aromatic carbocycles. The molecule has 3 heterocycles. The van der Waals surface area contributed by atoms with Crippen LogP contribution in [0.25, 0.3) is 0 Å². The summed E-state index contributed by atoms with van der Waals surface area (Å²) >= 11 is 1.48. The molecule has 2 amide bonds. The summed E-state index contributed by atoms with van der Waals surface area (Å²) < 4.78 is 0. The van der Waals surface area contributed by atoms with Crippen molar-refractivity contribution in [2.75, 3.05) is 32.7 Å². The maximum absolute atomic E-state index is 12.6. The maximum atomic E-state index is 12.6. The minimum Gasteiger partial charge on any atom is -0.353 e. The fourth-order valence-corrected chi connectivity index (χ4v) is 4.53. The Kier molecular flexibility index (Phi) is 6.48. The van der Waals surface area contributed by atoms with Gasteiger partial charge in [-0.1, -0.05) is 13.0 Å². The average molecular weight is 364 g/mol. The van der Waals surface area contributed by atoms with Gasteiger partial charge in [0.2, 0.25) is 5.91 Å². The molecular formula is C19H29N3O2S. The zero-order chi connectivity index (χ0) is 17.6. The third kappa shape index (κ3) is 4.82. The van der Waals surface area contributed by atoms with Crippen molar-refractivity contribution in [2.24, 2.45) is 5.92 Å². The molecule has 2 aliphatic rings. The van der Waals surface area contributed by atoms with Crippen LogP contribution in [0, 0.1) is 5.92 Å². The number of hydrogen-bond acceptors (Lipinski definition) is 4. The van der Waals surface area contributed by atoms with Crippen LogP contribution in [0.3, 0.4) is 0 Å². The Labute approximate surface area is 154 Å². The number of carbonyl (C=O) groups is 2. The lowest BCUT2D eigenvalue weighted by atomic mass is 9.94. The van der Waals surface area contributed by atoms with Crippen molar-refractivity contribution in [3.8, 4) is 0 Å². The predicted molar refractivity (Wildman–Crippen MR) is 101 cm³/mol. The summed E-state index contributed by atoms with van der Waals surface area (Å²) in [6.45, 7) is 6.92. The average Bonchev–Trinajstić information content (AvgIpc) is 3.18. The highest BCUT2D eigenvalue weighted by atomic mass is 32.1. The Bertz CT molecular complexity index is 559. The molecule has 25 heavy (non-hydrogen) atoms. The molecule has 0 saturated carbocycles. The van der Waals surface area contributed by atoms with Gasteiger partial charge in [-0.3, -0.25) is 9.59 Å². The topological polar surface area (TPSA) is 52.7 Å². The lowest BCUT2D eigenvalue weighted by Crippen LogP contribution is -2.48. The number of amides is 2. The van der Waals surface area contributed by atoms with Crippen molar-refractivity contribution in [1.82, 2.24) is 15.1 Å². The highest BCUT2D eigenvalue weighted by Crippen LogP contribution is 2.21. The lowest BCUT2D eigenvalue weighted by molar-refractivity contribution is -0.127. The van der Waals surface area contributed by atoms with Crippen molar-refractivity contribution in [1.29, 1.82) is 0 Å². The predicted octanol–water partition coefficient (Wildman–Crippen LogP) is 2.59. The zero-order valence-electron chi connectivity index (χ0n) is 15.1. The van der Waals surface area contributed by atoms with Crippen molar-refractivity contribution in [3.63, 3.8) is 0 Å². The first-order valence-electron chi connectivity index (χ1n) is 9.53. The molecule has 0 bridgehead atoms. The Morgan fingerprint density at radius 2 is 1.88 bits per heavy atom. The molecule has 2 aliphatic heterocycles. The molecule has 3 rings (SSSR count). The van der Waals surface area contributed by atoms with Crippen LogP contribution in [0.2, 0.25) is 0 Å². The molecular weight excluding hydrogens is 334 g/mol. The smallest absolute Gasteiger partial charge is 0.263 e. The van der Waals surface area contributed by atoms with Crippen LogP contribution in [-0.4, -0.2) is 60.4 Å². The standard InChI is InChI=1S/C19H29N3O2S/c1-2-9-21-10-7-16(8-11-21)20-18(23)15-5-12-22(13-6-15)19(24)17-4-3-14-25-17/h3-4,14-16H,2,5-13H2,1H3,(H,20,23). The van der Waals surface area contributed by atoms with Gasteiger partial charge in [-0.15, -0.1) is 11.3 Å². The van der Waals surface area contributed by atoms with Crippen LogP contribution in [-0.2, 0) is 4.79 Å². The fourth-order valence-electron chi connectivity index (χ4n) is 3.84. The van der Waals surface area contributed by atoms with E-state index in [1.165, 1.54) is 17.8 Å². The normalized spacial score (nSPS) is 20.6. The van der Waals surface area contributed by atoms with Crippen LogP contribution < -0.4 is 5.32 Å². The first-order chi connectivity index (χ1) is 12.2. The van der Waals surface area contributed by atoms with Gasteiger partial charge >= 0.3 is 0 Å². The Morgan fingerprint density at radius 3 is 2.48 bits per heavy atom. The van der Waals surface area contributed by atoms with Gasteiger partial charge in [0.25, 0.3) is 5.91 Å². The van der Waals surface area contributed by atoms with Crippen LogP contribution >= 0.6 is 11.3 Å². The molecule has 0 unspecified atom stereocenters. The molecule has 0 atom stereocenters. The largest absolute Gasteiger partial charge is 0.353 e. The Morgan fingerprint density at radius 1 is 1.16 bits per heavy atom. The second kappa shape index (κ2) is 8.81. The number of nitrogens with zero attached hydrogens (tertiary/aromatic N) is 2. The molecule has 1 aromatic heterocycles. The van der Waals surface area contributed by atoms with Gasteiger partial charge < -0.3 is 15.1 Å². The number of rotatable bonds is 5. The summed E-state index contributed by atoms with van der Waals surface area (Å²) in [5, 5.41) is 5.19. The SMILES string of the molecule is CCCN1CCC(NC(=O)C2CCN(C(=O)c3cccs3)CC2)CC1. The van der Waals surface area contributed by atoms with Gasteiger partial charge in [-0.05, 0) is 50.1 Å².